The lowest BCUT2D eigenvalue weighted by molar-refractivity contribution is -0.120. The van der Waals surface area contributed by atoms with Crippen LogP contribution < -0.4 is 22.1 Å². The minimum Gasteiger partial charge on any atom is -0.449 e. The minimum absolute atomic E-state index is 0.0929. The van der Waals surface area contributed by atoms with E-state index in [1.807, 2.05) is 0 Å². The first-order valence-electron chi connectivity index (χ1n) is 11.0. The lowest BCUT2D eigenvalue weighted by Gasteiger charge is -2.25. The summed E-state index contributed by atoms with van der Waals surface area (Å²) in [7, 11) is 0. The number of hydrogen-bond donors (Lipinski definition) is 4. The zero-order chi connectivity index (χ0) is 24.6. The van der Waals surface area contributed by atoms with Crippen molar-refractivity contribution in [2.45, 2.75) is 45.6 Å². The molecule has 3 aromatic rings. The number of primary amides is 1. The molecule has 4 rings (SSSR count). The molecule has 9 nitrogen and oxygen atoms in total. The highest BCUT2D eigenvalue weighted by Crippen LogP contribution is 2.37. The van der Waals surface area contributed by atoms with Gasteiger partial charge in [0, 0.05) is 29.1 Å². The van der Waals surface area contributed by atoms with Crippen LogP contribution in [0.3, 0.4) is 0 Å². The number of aromatic nitrogens is 1. The van der Waals surface area contributed by atoms with E-state index in [2.05, 4.69) is 15.6 Å². The Kier molecular flexibility index (Phi) is 6.58. The Morgan fingerprint density at radius 3 is 2.44 bits per heavy atom. The summed E-state index contributed by atoms with van der Waals surface area (Å²) >= 11 is 5.87. The fourth-order valence-corrected chi connectivity index (χ4v) is 4.61. The zero-order valence-corrected chi connectivity index (χ0v) is 19.7. The number of hydrogen-bond acceptors (Lipinski definition) is 6. The van der Waals surface area contributed by atoms with Crippen LogP contribution in [0.2, 0.25) is 5.02 Å². The van der Waals surface area contributed by atoms with E-state index >= 15 is 0 Å². The lowest BCUT2D eigenvalue weighted by atomic mass is 9.86. The Morgan fingerprint density at radius 2 is 1.82 bits per heavy atom. The van der Waals surface area contributed by atoms with Gasteiger partial charge in [-0.3, -0.25) is 14.4 Å². The summed E-state index contributed by atoms with van der Waals surface area (Å²) < 4.78 is 5.91. The molecule has 0 unspecified atom stereocenters. The van der Waals surface area contributed by atoms with E-state index in [0.717, 1.165) is 12.8 Å². The fraction of sp³-hybridized carbons (Fsp3) is 0.333. The van der Waals surface area contributed by atoms with Crippen molar-refractivity contribution in [3.05, 3.63) is 51.9 Å². The first-order chi connectivity index (χ1) is 16.2. The Balaban J connectivity index is 1.78. The van der Waals surface area contributed by atoms with Gasteiger partial charge in [0.2, 0.25) is 17.6 Å². The van der Waals surface area contributed by atoms with E-state index in [4.69, 9.17) is 27.5 Å². The number of nitrogens with one attached hydrogen (secondary N) is 2. The fourth-order valence-electron chi connectivity index (χ4n) is 4.50. The molecule has 6 N–H and O–H groups in total. The number of rotatable bonds is 5. The molecular weight excluding hydrogens is 458 g/mol. The second-order valence-corrected chi connectivity index (χ2v) is 9.09. The van der Waals surface area contributed by atoms with E-state index in [1.165, 1.54) is 6.20 Å². The molecule has 1 aliphatic carbocycles. The normalized spacial score (nSPS) is 18.0. The number of furan rings is 1. The number of carbonyl (C=O) groups is 3. The standard InChI is InChI=1S/C24H26ClN5O4/c1-11-9-16-19(12(2)18(11)22(27)31)20(30-23(32)13-3-6-15(26)7-4-13)21(34-16)24(33)29-17-8-5-14(25)10-28-17/h5,8-10,13,15H,3-4,6-7,26H2,1-2H3,(H2,27,31)(H,30,32)(H,28,29,33). The number of carbonyl (C=O) groups excluding carboxylic acids is 3. The summed E-state index contributed by atoms with van der Waals surface area (Å²) in [6, 6.07) is 4.86. The van der Waals surface area contributed by atoms with Crippen LogP contribution in [0.4, 0.5) is 11.5 Å². The van der Waals surface area contributed by atoms with Crippen molar-refractivity contribution in [1.82, 2.24) is 4.98 Å². The molecule has 1 fully saturated rings. The van der Waals surface area contributed by atoms with Gasteiger partial charge in [0.25, 0.3) is 5.91 Å². The number of fused-ring (bicyclic) bond motifs is 1. The second-order valence-electron chi connectivity index (χ2n) is 8.65. The van der Waals surface area contributed by atoms with Crippen LogP contribution >= 0.6 is 11.6 Å². The van der Waals surface area contributed by atoms with Crippen LogP contribution in [0.1, 0.15) is 57.7 Å². The zero-order valence-electron chi connectivity index (χ0n) is 18.9. The highest BCUT2D eigenvalue weighted by Gasteiger charge is 2.30. The van der Waals surface area contributed by atoms with E-state index in [1.54, 1.807) is 32.0 Å². The van der Waals surface area contributed by atoms with Gasteiger partial charge in [-0.05, 0) is 68.9 Å². The van der Waals surface area contributed by atoms with Crippen LogP contribution in [-0.2, 0) is 4.79 Å². The smallest absolute Gasteiger partial charge is 0.294 e. The molecule has 0 spiro atoms. The van der Waals surface area contributed by atoms with Crippen molar-refractivity contribution in [2.24, 2.45) is 17.4 Å². The number of nitrogens with two attached hydrogens (primary N) is 2. The topological polar surface area (TPSA) is 153 Å². The van der Waals surface area contributed by atoms with E-state index < -0.39 is 11.8 Å². The van der Waals surface area contributed by atoms with Crippen LogP contribution in [0.5, 0.6) is 0 Å². The van der Waals surface area contributed by atoms with Crippen LogP contribution in [0, 0.1) is 19.8 Å². The maximum atomic E-state index is 13.2. The highest BCUT2D eigenvalue weighted by atomic mass is 35.5. The van der Waals surface area contributed by atoms with Gasteiger partial charge >= 0.3 is 0 Å². The van der Waals surface area contributed by atoms with Gasteiger partial charge in [-0.1, -0.05) is 11.6 Å². The van der Waals surface area contributed by atoms with Crippen molar-refractivity contribution in [3.63, 3.8) is 0 Å². The average Bonchev–Trinajstić information content (AvgIpc) is 3.13. The first-order valence-corrected chi connectivity index (χ1v) is 11.4. The van der Waals surface area contributed by atoms with E-state index in [9.17, 15) is 14.4 Å². The summed E-state index contributed by atoms with van der Waals surface area (Å²) in [5, 5.41) is 6.42. The molecule has 1 aromatic carbocycles. The molecular formula is C24H26ClN5O4. The molecule has 34 heavy (non-hydrogen) atoms. The van der Waals surface area contributed by atoms with Gasteiger partial charge in [-0.25, -0.2) is 4.98 Å². The van der Waals surface area contributed by atoms with Gasteiger partial charge in [-0.15, -0.1) is 0 Å². The van der Waals surface area contributed by atoms with Gasteiger partial charge in [0.15, 0.2) is 0 Å². The number of pyridine rings is 1. The third-order valence-electron chi connectivity index (χ3n) is 6.24. The van der Waals surface area contributed by atoms with E-state index in [-0.39, 0.29) is 35.1 Å². The predicted octanol–water partition coefficient (Wildman–Crippen LogP) is 3.91. The lowest BCUT2D eigenvalue weighted by Crippen LogP contribution is -2.32. The maximum absolute atomic E-state index is 13.2. The van der Waals surface area contributed by atoms with Gasteiger partial charge in [0.05, 0.1) is 5.02 Å². The van der Waals surface area contributed by atoms with Crippen molar-refractivity contribution in [1.29, 1.82) is 0 Å². The van der Waals surface area contributed by atoms with Crippen LogP contribution in [0.25, 0.3) is 11.0 Å². The third-order valence-corrected chi connectivity index (χ3v) is 6.46. The summed E-state index contributed by atoms with van der Waals surface area (Å²) in [5.41, 5.74) is 13.6. The Morgan fingerprint density at radius 1 is 1.12 bits per heavy atom. The SMILES string of the molecule is Cc1cc2oc(C(=O)Nc3ccc(Cl)cn3)c(NC(=O)C3CCC(N)CC3)c2c(C)c1C(N)=O. The van der Waals surface area contributed by atoms with E-state index in [0.29, 0.717) is 45.5 Å². The first kappa shape index (κ1) is 23.7. The summed E-state index contributed by atoms with van der Waals surface area (Å²) in [6.45, 7) is 3.44. The molecule has 1 aliphatic rings. The number of anilines is 2. The van der Waals surface area contributed by atoms with Crippen LogP contribution in [-0.4, -0.2) is 28.7 Å². The number of aryl methyl sites for hydroxylation is 2. The number of nitrogens with zero attached hydrogens (tertiary/aromatic N) is 1. The van der Waals surface area contributed by atoms with Crippen LogP contribution in [0.15, 0.2) is 28.8 Å². The largest absolute Gasteiger partial charge is 0.449 e. The minimum atomic E-state index is -0.607. The van der Waals surface area contributed by atoms with Gasteiger partial charge in [-0.2, -0.15) is 0 Å². The molecule has 2 aromatic heterocycles. The Labute approximate surface area is 201 Å². The molecule has 178 valence electrons. The molecule has 0 atom stereocenters. The summed E-state index contributed by atoms with van der Waals surface area (Å²) in [6.07, 6.45) is 4.22. The molecule has 0 aliphatic heterocycles. The number of amides is 3. The second kappa shape index (κ2) is 9.44. The molecule has 2 heterocycles. The van der Waals surface area contributed by atoms with Crippen molar-refractivity contribution >= 4 is 51.8 Å². The average molecular weight is 484 g/mol. The van der Waals surface area contributed by atoms with Crippen molar-refractivity contribution < 1.29 is 18.8 Å². The molecule has 0 radical (unpaired) electrons. The van der Waals surface area contributed by atoms with Gasteiger partial charge < -0.3 is 26.5 Å². The molecule has 1 saturated carbocycles. The predicted molar refractivity (Wildman–Crippen MR) is 130 cm³/mol. The molecule has 3 amide bonds. The number of benzene rings is 1. The molecule has 0 saturated heterocycles. The molecule has 10 heteroatoms. The van der Waals surface area contributed by atoms with Crippen molar-refractivity contribution in [2.75, 3.05) is 10.6 Å². The Bertz CT molecular complexity index is 1280. The summed E-state index contributed by atoms with van der Waals surface area (Å²) in [4.78, 5) is 42.5. The quantitative estimate of drug-likeness (QED) is 0.431. The van der Waals surface area contributed by atoms with Crippen molar-refractivity contribution in [3.8, 4) is 0 Å². The highest BCUT2D eigenvalue weighted by molar-refractivity contribution is 6.30. The monoisotopic (exact) mass is 483 g/mol. The summed E-state index contributed by atoms with van der Waals surface area (Å²) in [5.74, 6) is -1.51. The number of halogens is 1. The molecule has 0 bridgehead atoms. The Hall–Kier alpha value is -3.43. The maximum Gasteiger partial charge on any atom is 0.294 e. The third kappa shape index (κ3) is 4.62. The van der Waals surface area contributed by atoms with Gasteiger partial charge in [0.1, 0.15) is 17.1 Å².